The number of methoxy groups -OCH3 is 1. The van der Waals surface area contributed by atoms with Crippen molar-refractivity contribution in [1.29, 1.82) is 0 Å². The van der Waals surface area contributed by atoms with Crippen LogP contribution in [0.3, 0.4) is 0 Å². The molecule has 146 valence electrons. The molecule has 0 atom stereocenters. The van der Waals surface area contributed by atoms with Crippen molar-refractivity contribution < 1.29 is 19.0 Å². The van der Waals surface area contributed by atoms with Crippen LogP contribution in [-0.4, -0.2) is 25.7 Å². The second-order valence-corrected chi connectivity index (χ2v) is 7.24. The number of carbonyl (C=O) groups excluding carboxylic acids is 1. The van der Waals surface area contributed by atoms with E-state index in [0.717, 1.165) is 16.5 Å². The van der Waals surface area contributed by atoms with Crippen molar-refractivity contribution >= 4 is 21.8 Å². The molecular formula is C21H26BrNO4. The van der Waals surface area contributed by atoms with Crippen LogP contribution in [0, 0.1) is 0 Å². The van der Waals surface area contributed by atoms with Crippen molar-refractivity contribution in [2.24, 2.45) is 0 Å². The molecule has 5 nitrogen and oxygen atoms in total. The van der Waals surface area contributed by atoms with E-state index in [9.17, 15) is 4.79 Å². The van der Waals surface area contributed by atoms with E-state index in [2.05, 4.69) is 28.2 Å². The number of carbonyl (C=O) groups is 1. The first-order chi connectivity index (χ1) is 12.9. The van der Waals surface area contributed by atoms with Gasteiger partial charge in [0, 0.05) is 11.0 Å². The number of halogens is 1. The van der Waals surface area contributed by atoms with Gasteiger partial charge in [-0.1, -0.05) is 28.9 Å². The van der Waals surface area contributed by atoms with E-state index in [1.54, 1.807) is 19.2 Å². The van der Waals surface area contributed by atoms with E-state index in [1.165, 1.54) is 0 Å². The van der Waals surface area contributed by atoms with Crippen molar-refractivity contribution in [3.8, 4) is 17.2 Å². The van der Waals surface area contributed by atoms with Gasteiger partial charge in [0.1, 0.15) is 5.75 Å². The zero-order chi connectivity index (χ0) is 19.8. The zero-order valence-electron chi connectivity index (χ0n) is 16.2. The van der Waals surface area contributed by atoms with Gasteiger partial charge >= 0.3 is 0 Å². The lowest BCUT2D eigenvalue weighted by Gasteiger charge is -2.15. The Morgan fingerprint density at radius 1 is 1.11 bits per heavy atom. The SMILES string of the molecule is CCCOc1ccc(CNC(=O)c2cc(Br)ccc2OC(C)C)cc1OC. The lowest BCUT2D eigenvalue weighted by molar-refractivity contribution is 0.0945. The highest BCUT2D eigenvalue weighted by molar-refractivity contribution is 9.10. The summed E-state index contributed by atoms with van der Waals surface area (Å²) in [4.78, 5) is 12.7. The Bertz CT molecular complexity index is 777. The van der Waals surface area contributed by atoms with E-state index < -0.39 is 0 Å². The van der Waals surface area contributed by atoms with Crippen LogP contribution in [0.25, 0.3) is 0 Å². The zero-order valence-corrected chi connectivity index (χ0v) is 17.8. The summed E-state index contributed by atoms with van der Waals surface area (Å²) in [5.74, 6) is 1.72. The largest absolute Gasteiger partial charge is 0.493 e. The normalized spacial score (nSPS) is 10.6. The topological polar surface area (TPSA) is 56.8 Å². The number of ether oxygens (including phenoxy) is 3. The van der Waals surface area contributed by atoms with Gasteiger partial charge < -0.3 is 19.5 Å². The Hall–Kier alpha value is -2.21. The van der Waals surface area contributed by atoms with Crippen LogP contribution in [0.5, 0.6) is 17.2 Å². The van der Waals surface area contributed by atoms with Crippen LogP contribution < -0.4 is 19.5 Å². The molecule has 0 unspecified atom stereocenters. The lowest BCUT2D eigenvalue weighted by Crippen LogP contribution is -2.24. The van der Waals surface area contributed by atoms with Gasteiger partial charge in [-0.2, -0.15) is 0 Å². The van der Waals surface area contributed by atoms with E-state index in [1.807, 2.05) is 38.1 Å². The van der Waals surface area contributed by atoms with Gasteiger partial charge in [-0.25, -0.2) is 0 Å². The fourth-order valence-electron chi connectivity index (χ4n) is 2.47. The van der Waals surface area contributed by atoms with Crippen molar-refractivity contribution in [2.75, 3.05) is 13.7 Å². The van der Waals surface area contributed by atoms with E-state index in [4.69, 9.17) is 14.2 Å². The summed E-state index contributed by atoms with van der Waals surface area (Å²) in [6.07, 6.45) is 0.909. The molecule has 0 fully saturated rings. The minimum atomic E-state index is -0.197. The summed E-state index contributed by atoms with van der Waals surface area (Å²) in [7, 11) is 1.60. The number of nitrogens with one attached hydrogen (secondary N) is 1. The summed E-state index contributed by atoms with van der Waals surface area (Å²) in [6, 6.07) is 11.1. The van der Waals surface area contributed by atoms with Crippen LogP contribution in [-0.2, 0) is 6.54 Å². The third-order valence-electron chi connectivity index (χ3n) is 3.69. The fourth-order valence-corrected chi connectivity index (χ4v) is 2.83. The molecule has 2 aromatic carbocycles. The van der Waals surface area contributed by atoms with Crippen LogP contribution in [0.1, 0.15) is 43.1 Å². The van der Waals surface area contributed by atoms with E-state index in [0.29, 0.717) is 36.0 Å². The Morgan fingerprint density at radius 2 is 1.85 bits per heavy atom. The van der Waals surface area contributed by atoms with Gasteiger partial charge in [0.05, 0.1) is 25.4 Å². The predicted octanol–water partition coefficient (Wildman–Crippen LogP) is 4.96. The molecule has 0 aliphatic rings. The molecule has 2 aromatic rings. The maximum absolute atomic E-state index is 12.7. The molecule has 0 spiro atoms. The average Bonchev–Trinajstić information content (AvgIpc) is 2.65. The second kappa shape index (κ2) is 10.2. The van der Waals surface area contributed by atoms with Gasteiger partial charge in [-0.3, -0.25) is 4.79 Å². The summed E-state index contributed by atoms with van der Waals surface area (Å²) in [5.41, 5.74) is 1.42. The van der Waals surface area contributed by atoms with Gasteiger partial charge in [-0.05, 0) is 56.2 Å². The monoisotopic (exact) mass is 435 g/mol. The average molecular weight is 436 g/mol. The summed E-state index contributed by atoms with van der Waals surface area (Å²) in [5, 5.41) is 2.93. The number of benzene rings is 2. The Kier molecular flexibility index (Phi) is 7.98. The Morgan fingerprint density at radius 3 is 2.52 bits per heavy atom. The first kappa shape index (κ1) is 21.1. The van der Waals surface area contributed by atoms with Crippen LogP contribution in [0.15, 0.2) is 40.9 Å². The smallest absolute Gasteiger partial charge is 0.255 e. The molecule has 0 radical (unpaired) electrons. The summed E-state index contributed by atoms with van der Waals surface area (Å²) < 4.78 is 17.6. The maximum atomic E-state index is 12.7. The molecule has 27 heavy (non-hydrogen) atoms. The Labute approximate surface area is 169 Å². The molecule has 6 heteroatoms. The van der Waals surface area contributed by atoms with Gasteiger partial charge in [0.25, 0.3) is 5.91 Å². The minimum Gasteiger partial charge on any atom is -0.493 e. The maximum Gasteiger partial charge on any atom is 0.255 e. The summed E-state index contributed by atoms with van der Waals surface area (Å²) in [6.45, 7) is 6.91. The second-order valence-electron chi connectivity index (χ2n) is 6.32. The van der Waals surface area contributed by atoms with Crippen molar-refractivity contribution in [2.45, 2.75) is 39.8 Å². The van der Waals surface area contributed by atoms with Crippen molar-refractivity contribution in [3.05, 3.63) is 52.0 Å². The molecule has 2 rings (SSSR count). The van der Waals surface area contributed by atoms with Crippen LogP contribution in [0.2, 0.25) is 0 Å². The minimum absolute atomic E-state index is 0.0161. The molecule has 0 aromatic heterocycles. The van der Waals surface area contributed by atoms with E-state index in [-0.39, 0.29) is 12.0 Å². The number of rotatable bonds is 9. The van der Waals surface area contributed by atoms with Crippen molar-refractivity contribution in [3.63, 3.8) is 0 Å². The highest BCUT2D eigenvalue weighted by atomic mass is 79.9. The molecule has 0 aliphatic heterocycles. The number of hydrogen-bond acceptors (Lipinski definition) is 4. The molecule has 0 bridgehead atoms. The first-order valence-corrected chi connectivity index (χ1v) is 9.78. The fraction of sp³-hybridized carbons (Fsp3) is 0.381. The molecule has 1 amide bonds. The third-order valence-corrected chi connectivity index (χ3v) is 4.18. The van der Waals surface area contributed by atoms with Crippen LogP contribution in [0.4, 0.5) is 0 Å². The summed E-state index contributed by atoms with van der Waals surface area (Å²) >= 11 is 3.41. The van der Waals surface area contributed by atoms with Crippen LogP contribution >= 0.6 is 15.9 Å². The molecule has 0 saturated heterocycles. The molecule has 0 heterocycles. The van der Waals surface area contributed by atoms with Gasteiger partial charge in [-0.15, -0.1) is 0 Å². The predicted molar refractivity (Wildman–Crippen MR) is 110 cm³/mol. The lowest BCUT2D eigenvalue weighted by atomic mass is 10.1. The standard InChI is InChI=1S/C21H26BrNO4/c1-5-10-26-19-8-6-15(11-20(19)25-4)13-23-21(24)17-12-16(22)7-9-18(17)27-14(2)3/h6-9,11-12,14H,5,10,13H2,1-4H3,(H,23,24). The molecule has 1 N–H and O–H groups in total. The van der Waals surface area contributed by atoms with Gasteiger partial charge in [0.2, 0.25) is 0 Å². The first-order valence-electron chi connectivity index (χ1n) is 8.98. The van der Waals surface area contributed by atoms with E-state index >= 15 is 0 Å². The number of hydrogen-bond donors (Lipinski definition) is 1. The molecular weight excluding hydrogens is 410 g/mol. The quantitative estimate of drug-likeness (QED) is 0.604. The highest BCUT2D eigenvalue weighted by Gasteiger charge is 2.15. The van der Waals surface area contributed by atoms with Gasteiger partial charge in [0.15, 0.2) is 11.5 Å². The number of amides is 1. The van der Waals surface area contributed by atoms with Crippen molar-refractivity contribution in [1.82, 2.24) is 5.32 Å². The third kappa shape index (κ3) is 6.17. The Balaban J connectivity index is 2.10. The molecule has 0 aliphatic carbocycles. The highest BCUT2D eigenvalue weighted by Crippen LogP contribution is 2.28. The molecule has 0 saturated carbocycles.